The Morgan fingerprint density at radius 2 is 0.474 bits per heavy atom. The Morgan fingerprint density at radius 1 is 0.255 bits per heavy atom. The van der Waals surface area contributed by atoms with Crippen molar-refractivity contribution in [2.75, 3.05) is 0 Å². The van der Waals surface area contributed by atoms with Crippen LogP contribution in [0.2, 0.25) is 0 Å². The third-order valence-corrected chi connectivity index (χ3v) is 35.1. The first-order valence-electron chi connectivity index (χ1n) is 37.3. The first-order chi connectivity index (χ1) is 62.7. The molecule has 0 fully saturated rings. The molecule has 2 aliphatic heterocycles. The van der Waals surface area contributed by atoms with E-state index in [1.54, 1.807) is 0 Å². The van der Waals surface area contributed by atoms with Crippen LogP contribution in [-0.2, 0) is 20.0 Å². The Labute approximate surface area is 743 Å². The highest BCUT2D eigenvalue weighted by Crippen LogP contribution is 3.04. The second-order valence-electron chi connectivity index (χ2n) is 30.5. The number of nitrogens with zero attached hydrogens (tertiary/aromatic N) is 2. The van der Waals surface area contributed by atoms with Crippen LogP contribution >= 0.6 is 56.2 Å². The zero-order valence-electron chi connectivity index (χ0n) is 65.6. The maximum atomic E-state index is 18.2. The predicted molar refractivity (Wildman–Crippen MR) is 447 cm³/mol. The van der Waals surface area contributed by atoms with Gasteiger partial charge in [-0.25, -0.2) is 69.9 Å². The summed E-state index contributed by atoms with van der Waals surface area (Å²) >= 11 is 0. The van der Waals surface area contributed by atoms with E-state index in [1.165, 1.54) is 4.49 Å². The minimum Gasteiger partial charge on any atom is -0.417 e. The summed E-state index contributed by atoms with van der Waals surface area (Å²) in [5.74, 6) is -52.6. The van der Waals surface area contributed by atoms with Gasteiger partial charge in [-0.1, -0.05) is 227 Å². The lowest BCUT2D eigenvalue weighted by molar-refractivity contribution is 0.360. The molecule has 16 aromatic carbocycles. The number of fused-ring (bicyclic) bond motifs is 16. The lowest BCUT2D eigenvalue weighted by Gasteiger charge is -2.40. The van der Waals surface area contributed by atoms with Gasteiger partial charge in [0.25, 0.3) is 20.0 Å². The molecule has 16 aromatic rings. The fraction of sp³-hybridized carbons (Fsp3) is 0. The third kappa shape index (κ3) is 16.0. The SMILES string of the molecule is O=S(=O)(N=P1(N=P2(NS(=O)(=O)c3c(F)c(F)c4c(F)c(F)c(F)c(F)c4c3F)Oc3c(-c4ccc(S(F)(F)(F)(F)F)cc4)cc4ccccc4c3-c3c(c(-c4ccc(S(F)(F)(F)(F)F)cc4)cc4ccccc34)O2)Oc2c(-c3ccc(S(F)(F)(F)(F)F)cc3)cc3ccccc3c2-c2c(c(-c3ccc(S(F)(F)(F)(F)F)cc3)cc3ccccc23)O1)c1c(F)c(F)c2c(F)c(F)c(F)c(F)c2c1F. The van der Waals surface area contributed by atoms with Crippen LogP contribution in [0.5, 0.6) is 23.0 Å². The van der Waals surface area contributed by atoms with Gasteiger partial charge in [-0.05, 0) is 138 Å². The summed E-state index contributed by atoms with van der Waals surface area (Å²) in [6.45, 7) is 0. The topological polar surface area (TPSA) is 142 Å². The van der Waals surface area contributed by atoms with E-state index in [2.05, 4.69) is 8.67 Å². The molecule has 53 heteroatoms. The van der Waals surface area contributed by atoms with Crippen LogP contribution in [0.25, 0.3) is 131 Å². The predicted octanol–water partition coefficient (Wildman–Crippen LogP) is 35.7. The Morgan fingerprint density at radius 3 is 0.730 bits per heavy atom. The molecule has 2 heterocycles. The minimum absolute atomic E-state index is 0.117. The molecule has 0 amide bonds. The molecule has 0 aliphatic carbocycles. The van der Waals surface area contributed by atoms with Gasteiger partial charge in [-0.2, -0.15) is 8.42 Å². The molecule has 0 atom stereocenters. The van der Waals surface area contributed by atoms with Gasteiger partial charge in [-0.3, -0.25) is 0 Å². The van der Waals surface area contributed by atoms with Gasteiger partial charge in [-0.15, -0.1) is 9.01 Å². The molecule has 0 spiro atoms. The molecule has 0 saturated carbocycles. The first kappa shape index (κ1) is 95.0. The number of benzene rings is 16. The van der Waals surface area contributed by atoms with Gasteiger partial charge in [0, 0.05) is 44.5 Å². The summed E-state index contributed by atoms with van der Waals surface area (Å²) in [5, 5.41) is -15.0. The fourth-order valence-electron chi connectivity index (χ4n) is 15.7. The van der Waals surface area contributed by atoms with Crippen molar-refractivity contribution in [1.82, 2.24) is 4.49 Å². The van der Waals surface area contributed by atoms with Crippen molar-refractivity contribution in [3.05, 3.63) is 300 Å². The standard InChI is InChI=1S/C84H37F34N3O8P2S6/c85-65-61-63(67(87)75(95)73(65)93)71(91)83(77(97)69(61)89)132(122,123)120-130(126-79-53(37-17-25-45(26-18-37)134(99,100,101,102)103)33-41-9-1-5-13-49(41)57(79)58-50-14-6-2-10-42(50)34-54(80(58)127-130)38-19-27-46(28-20-38)135(104,105,106,107)108)119-131(121-133(124,125)84-72(92)64-62(70(90)78(84)98)66(86)74(94)76(96)68(64)88)128-81-55(39-21-29-47(30-22-39)136(109,110,111,112)113)35-43-11-3-7-15-51(43)59(81)60-52-16-8-4-12-44(52)36-56(82(60)129-131)40-23-31-48(32-24-40)137(114,115,116,117)118/h1-36,120H. The van der Waals surface area contributed by atoms with Crippen LogP contribution in [0.15, 0.2) is 256 Å². The van der Waals surface area contributed by atoms with E-state index in [4.69, 9.17) is 18.1 Å². The largest absolute Gasteiger partial charge is 0.465 e. The van der Waals surface area contributed by atoms with Crippen LogP contribution in [0.3, 0.4) is 0 Å². The molecular formula is C84H37F34N3O8P2S6. The molecule has 720 valence electrons. The van der Waals surface area contributed by atoms with Crippen LogP contribution in [0.1, 0.15) is 0 Å². The second kappa shape index (κ2) is 27.8. The molecule has 1 N–H and O–H groups in total. The lowest BCUT2D eigenvalue weighted by Crippen LogP contribution is -2.29. The minimum atomic E-state index is -11.0. The van der Waals surface area contributed by atoms with Crippen molar-refractivity contribution in [3.63, 3.8) is 0 Å². The van der Waals surface area contributed by atoms with E-state index in [1.807, 2.05) is 0 Å². The summed E-state index contributed by atoms with van der Waals surface area (Å²) in [4.78, 5) is -17.9. The van der Waals surface area contributed by atoms with Crippen LogP contribution in [0, 0.1) is 81.4 Å². The van der Waals surface area contributed by atoms with Crippen molar-refractivity contribution in [1.29, 1.82) is 0 Å². The van der Waals surface area contributed by atoms with Crippen LogP contribution in [-0.4, -0.2) is 16.8 Å². The van der Waals surface area contributed by atoms with Crippen LogP contribution < -0.4 is 22.6 Å². The highest BCUT2D eigenvalue weighted by atomic mass is 32.5. The summed E-state index contributed by atoms with van der Waals surface area (Å²) < 4.78 is 637. The first-order valence-corrected chi connectivity index (χ1v) is 51.1. The molecule has 18 rings (SSSR count). The van der Waals surface area contributed by atoms with Crippen molar-refractivity contribution >= 4 is 141 Å². The molecule has 137 heavy (non-hydrogen) atoms. The molecule has 0 unspecified atom stereocenters. The quantitative estimate of drug-likeness (QED) is 0.0491. The van der Waals surface area contributed by atoms with E-state index in [0.717, 1.165) is 97.1 Å². The Bertz CT molecular complexity index is 8300. The van der Waals surface area contributed by atoms with Gasteiger partial charge in [0.15, 0.2) is 91.2 Å². The van der Waals surface area contributed by atoms with Gasteiger partial charge in [0.1, 0.15) is 42.6 Å². The van der Waals surface area contributed by atoms with Crippen LogP contribution in [0.4, 0.5) is 139 Å². The summed E-state index contributed by atoms with van der Waals surface area (Å²) in [7, 11) is -75.7. The average molecular weight is 2120 g/mol. The molecule has 0 radical (unpaired) electrons. The van der Waals surface area contributed by atoms with Gasteiger partial charge < -0.3 is 18.1 Å². The zero-order chi connectivity index (χ0) is 99.8. The molecule has 2 aliphatic rings. The van der Waals surface area contributed by atoms with Crippen molar-refractivity contribution in [2.24, 2.45) is 8.67 Å². The Hall–Kier alpha value is -12.4. The maximum absolute atomic E-state index is 18.2. The Kier molecular flexibility index (Phi) is 19.3. The van der Waals surface area contributed by atoms with Gasteiger partial charge in [0.05, 0.1) is 21.5 Å². The number of halogens is 34. The third-order valence-electron chi connectivity index (χ3n) is 21.6. The van der Waals surface area contributed by atoms with Crippen molar-refractivity contribution in [3.8, 4) is 89.8 Å². The second-order valence-corrected chi connectivity index (χ2v) is 47.8. The molecule has 11 nitrogen and oxygen atoms in total. The summed E-state index contributed by atoms with van der Waals surface area (Å²) in [6.07, 6.45) is 0. The average Bonchev–Trinajstić information content (AvgIpc) is 1.55. The monoisotopic (exact) mass is 2110 g/mol. The highest BCUT2D eigenvalue weighted by molar-refractivity contribution is 8.46. The number of hydrogen-bond donors (Lipinski definition) is 1. The fourth-order valence-corrected chi connectivity index (χ4v) is 27.7. The molecule has 0 saturated heterocycles. The number of rotatable bonds is 14. The van der Waals surface area contributed by atoms with E-state index >= 15 is 156 Å². The van der Waals surface area contributed by atoms with Crippen molar-refractivity contribution in [2.45, 2.75) is 29.4 Å². The van der Waals surface area contributed by atoms with Crippen molar-refractivity contribution < 1.29 is 174 Å². The summed E-state index contributed by atoms with van der Waals surface area (Å²) in [6, 6.07) is 17.4. The molecular weight excluding hydrogens is 2080 g/mol. The van der Waals surface area contributed by atoms with Gasteiger partial charge in [0.2, 0.25) is 0 Å². The molecule has 0 bridgehead atoms. The Balaban J connectivity index is 1.13. The van der Waals surface area contributed by atoms with E-state index in [0.29, 0.717) is 24.3 Å². The molecule has 0 aromatic heterocycles. The summed E-state index contributed by atoms with van der Waals surface area (Å²) in [5.41, 5.74) is -13.0. The lowest BCUT2D eigenvalue weighted by atomic mass is 9.86. The zero-order valence-corrected chi connectivity index (χ0v) is 72.3. The number of hydrogen-bond acceptors (Lipinski definition) is 8. The highest BCUT2D eigenvalue weighted by Gasteiger charge is 2.68. The smallest absolute Gasteiger partial charge is 0.417 e. The number of nitrogens with one attached hydrogen (secondary N) is 1. The number of sulfonamides is 2. The normalized spacial score (nSPS) is 17.6. The van der Waals surface area contributed by atoms with E-state index in [9.17, 15) is 0 Å². The maximum Gasteiger partial charge on any atom is 0.465 e. The van der Waals surface area contributed by atoms with E-state index < -0.39 is 341 Å². The van der Waals surface area contributed by atoms with E-state index in [-0.39, 0.29) is 97.1 Å². The van der Waals surface area contributed by atoms with Gasteiger partial charge >= 0.3 is 56.2 Å².